The number of ether oxygens (including phenoxy) is 1. The molecule has 20 heavy (non-hydrogen) atoms. The van der Waals surface area contributed by atoms with E-state index in [1.165, 1.54) is 12.1 Å². The number of alkyl halides is 2. The third-order valence-corrected chi connectivity index (χ3v) is 3.06. The number of aliphatic hydroxyl groups is 1. The average molecular weight is 291 g/mol. The Balaban J connectivity index is 2.78. The molecule has 114 valence electrons. The molecular formula is C14H20F3NO2. The lowest BCUT2D eigenvalue weighted by molar-refractivity contribution is -0.0508. The third kappa shape index (κ3) is 5.02. The number of halogens is 3. The lowest BCUT2D eigenvalue weighted by atomic mass is 10.0. The highest BCUT2D eigenvalue weighted by Gasteiger charge is 2.17. The number of nitrogens with one attached hydrogen (secondary N) is 1. The predicted octanol–water partition coefficient (Wildman–Crippen LogP) is 3.09. The number of hydrogen-bond acceptors (Lipinski definition) is 3. The van der Waals surface area contributed by atoms with Crippen molar-refractivity contribution in [3.05, 3.63) is 29.6 Å². The molecule has 0 aliphatic heterocycles. The van der Waals surface area contributed by atoms with E-state index in [-0.39, 0.29) is 17.7 Å². The lowest BCUT2D eigenvalue weighted by Gasteiger charge is -2.21. The van der Waals surface area contributed by atoms with Gasteiger partial charge in [-0.15, -0.1) is 0 Å². The minimum atomic E-state index is -3.01. The Kier molecular flexibility index (Phi) is 6.29. The van der Waals surface area contributed by atoms with Gasteiger partial charge in [0.25, 0.3) is 0 Å². The summed E-state index contributed by atoms with van der Waals surface area (Å²) in [4.78, 5) is 0. The molecule has 0 fully saturated rings. The molecule has 0 aromatic heterocycles. The molecule has 2 unspecified atom stereocenters. The number of benzene rings is 1. The highest BCUT2D eigenvalue weighted by atomic mass is 19.3. The molecule has 0 spiro atoms. The van der Waals surface area contributed by atoms with Crippen LogP contribution in [-0.2, 0) is 0 Å². The fraction of sp³-hybridized carbons (Fsp3) is 0.571. The summed E-state index contributed by atoms with van der Waals surface area (Å²) in [7, 11) is 0. The molecule has 2 N–H and O–H groups in total. The van der Waals surface area contributed by atoms with Gasteiger partial charge in [-0.25, -0.2) is 4.39 Å². The highest BCUT2D eigenvalue weighted by molar-refractivity contribution is 5.36. The van der Waals surface area contributed by atoms with Gasteiger partial charge in [-0.1, -0.05) is 19.9 Å². The van der Waals surface area contributed by atoms with Crippen molar-refractivity contribution in [2.75, 3.05) is 6.54 Å². The van der Waals surface area contributed by atoms with E-state index in [0.717, 1.165) is 6.07 Å². The summed E-state index contributed by atoms with van der Waals surface area (Å²) >= 11 is 0. The van der Waals surface area contributed by atoms with Gasteiger partial charge in [-0.2, -0.15) is 8.78 Å². The fourth-order valence-electron chi connectivity index (χ4n) is 1.71. The number of hydrogen-bond donors (Lipinski definition) is 2. The molecule has 0 aliphatic rings. The first-order valence-electron chi connectivity index (χ1n) is 6.47. The summed E-state index contributed by atoms with van der Waals surface area (Å²) in [5, 5.41) is 12.7. The van der Waals surface area contributed by atoms with Crippen molar-refractivity contribution in [1.29, 1.82) is 0 Å². The maximum Gasteiger partial charge on any atom is 0.387 e. The molecule has 0 amide bonds. The van der Waals surface area contributed by atoms with Gasteiger partial charge in [0.1, 0.15) is 11.6 Å². The van der Waals surface area contributed by atoms with E-state index in [1.54, 1.807) is 6.92 Å². The zero-order valence-electron chi connectivity index (χ0n) is 11.7. The van der Waals surface area contributed by atoms with Crippen molar-refractivity contribution in [2.24, 2.45) is 5.92 Å². The van der Waals surface area contributed by atoms with Gasteiger partial charge in [0, 0.05) is 24.2 Å². The smallest absolute Gasteiger partial charge is 0.387 e. The molecule has 1 aromatic carbocycles. The summed E-state index contributed by atoms with van der Waals surface area (Å²) in [5.74, 6) is -0.752. The highest BCUT2D eigenvalue weighted by Crippen LogP contribution is 2.27. The molecule has 0 saturated heterocycles. The summed E-state index contributed by atoms with van der Waals surface area (Å²) in [6.45, 7) is 2.78. The van der Waals surface area contributed by atoms with E-state index in [2.05, 4.69) is 10.1 Å². The second-order valence-corrected chi connectivity index (χ2v) is 5.00. The second kappa shape index (κ2) is 7.50. The van der Waals surface area contributed by atoms with Gasteiger partial charge in [0.15, 0.2) is 0 Å². The summed E-state index contributed by atoms with van der Waals surface area (Å²) in [5.41, 5.74) is 0.419. The van der Waals surface area contributed by atoms with Crippen molar-refractivity contribution in [1.82, 2.24) is 5.32 Å². The molecule has 2 atom stereocenters. The minimum Gasteiger partial charge on any atom is -0.434 e. The zero-order valence-corrected chi connectivity index (χ0v) is 11.7. The number of rotatable bonds is 7. The van der Waals surface area contributed by atoms with E-state index in [0.29, 0.717) is 12.1 Å². The van der Waals surface area contributed by atoms with Crippen LogP contribution in [0, 0.1) is 11.7 Å². The molecule has 0 bridgehead atoms. The molecule has 3 nitrogen and oxygen atoms in total. The molecule has 0 saturated carbocycles. The van der Waals surface area contributed by atoms with Crippen LogP contribution >= 0.6 is 0 Å². The van der Waals surface area contributed by atoms with Crippen LogP contribution in [0.15, 0.2) is 18.2 Å². The summed E-state index contributed by atoms with van der Waals surface area (Å²) in [6.07, 6.45) is -0.544. The van der Waals surface area contributed by atoms with Crippen LogP contribution in [0.2, 0.25) is 0 Å². The van der Waals surface area contributed by atoms with E-state index in [4.69, 9.17) is 0 Å². The van der Waals surface area contributed by atoms with Crippen LogP contribution in [-0.4, -0.2) is 24.4 Å². The normalized spacial score (nSPS) is 14.7. The molecule has 0 heterocycles. The maximum atomic E-state index is 13.1. The molecule has 1 rings (SSSR count). The molecule has 0 radical (unpaired) electrons. The van der Waals surface area contributed by atoms with Gasteiger partial charge in [0.05, 0.1) is 6.10 Å². The zero-order chi connectivity index (χ0) is 15.3. The van der Waals surface area contributed by atoms with Crippen molar-refractivity contribution < 1.29 is 23.0 Å². The first kappa shape index (κ1) is 16.8. The molecular weight excluding hydrogens is 271 g/mol. The van der Waals surface area contributed by atoms with Gasteiger partial charge in [-0.3, -0.25) is 0 Å². The van der Waals surface area contributed by atoms with Crippen molar-refractivity contribution >= 4 is 0 Å². The molecule has 6 heteroatoms. The Hall–Kier alpha value is -1.27. The SMILES string of the molecule is CC(NCC(O)C(C)C)c1ccc(F)cc1OC(F)F. The second-order valence-electron chi connectivity index (χ2n) is 5.00. The van der Waals surface area contributed by atoms with Crippen LogP contribution in [0.25, 0.3) is 0 Å². The predicted molar refractivity (Wildman–Crippen MR) is 70.3 cm³/mol. The van der Waals surface area contributed by atoms with Crippen LogP contribution in [0.1, 0.15) is 32.4 Å². The first-order valence-corrected chi connectivity index (χ1v) is 6.47. The van der Waals surface area contributed by atoms with Crippen LogP contribution in [0.5, 0.6) is 5.75 Å². The third-order valence-electron chi connectivity index (χ3n) is 3.06. The van der Waals surface area contributed by atoms with Gasteiger partial charge >= 0.3 is 6.61 Å². The standard InChI is InChI=1S/C14H20F3NO2/c1-8(2)12(19)7-18-9(3)11-5-4-10(15)6-13(11)20-14(16)17/h4-6,8-9,12,14,18-19H,7H2,1-3H3. The minimum absolute atomic E-state index is 0.0831. The Morgan fingerprint density at radius 2 is 1.90 bits per heavy atom. The Labute approximate surface area is 116 Å². The van der Waals surface area contributed by atoms with Gasteiger partial charge < -0.3 is 15.2 Å². The Bertz CT molecular complexity index is 427. The van der Waals surface area contributed by atoms with Gasteiger partial charge in [0.2, 0.25) is 0 Å². The lowest BCUT2D eigenvalue weighted by Crippen LogP contribution is -2.32. The van der Waals surface area contributed by atoms with Crippen molar-refractivity contribution in [2.45, 2.75) is 39.5 Å². The first-order chi connectivity index (χ1) is 9.31. The van der Waals surface area contributed by atoms with Crippen LogP contribution in [0.3, 0.4) is 0 Å². The quantitative estimate of drug-likeness (QED) is 0.811. The largest absolute Gasteiger partial charge is 0.434 e. The maximum absolute atomic E-state index is 13.1. The van der Waals surface area contributed by atoms with E-state index < -0.39 is 18.5 Å². The molecule has 0 aliphatic carbocycles. The van der Waals surface area contributed by atoms with E-state index >= 15 is 0 Å². The van der Waals surface area contributed by atoms with Crippen LogP contribution in [0.4, 0.5) is 13.2 Å². The number of aliphatic hydroxyl groups excluding tert-OH is 1. The Morgan fingerprint density at radius 1 is 1.25 bits per heavy atom. The molecule has 1 aromatic rings. The average Bonchev–Trinajstić information content (AvgIpc) is 2.34. The van der Waals surface area contributed by atoms with E-state index in [1.807, 2.05) is 13.8 Å². The van der Waals surface area contributed by atoms with Crippen molar-refractivity contribution in [3.63, 3.8) is 0 Å². The topological polar surface area (TPSA) is 41.5 Å². The van der Waals surface area contributed by atoms with Crippen LogP contribution < -0.4 is 10.1 Å². The van der Waals surface area contributed by atoms with Crippen molar-refractivity contribution in [3.8, 4) is 5.75 Å². The monoisotopic (exact) mass is 291 g/mol. The summed E-state index contributed by atoms with van der Waals surface area (Å²) < 4.78 is 42.0. The summed E-state index contributed by atoms with van der Waals surface area (Å²) in [6, 6.07) is 3.16. The Morgan fingerprint density at radius 3 is 2.45 bits per heavy atom. The van der Waals surface area contributed by atoms with Gasteiger partial charge in [-0.05, 0) is 18.9 Å². The fourth-order valence-corrected chi connectivity index (χ4v) is 1.71. The van der Waals surface area contributed by atoms with E-state index in [9.17, 15) is 18.3 Å².